The molecular weight excluding hydrogens is 383 g/mol. The van der Waals surface area contributed by atoms with Crippen LogP contribution in [0.5, 0.6) is 0 Å². The SMILES string of the molecule is O=C(c1ccc2oc(-c3cc(Cl)c(Cl)c(Cl)c3)nc2c1)N1CCCC1. The van der Waals surface area contributed by atoms with E-state index >= 15 is 0 Å². The average molecular weight is 396 g/mol. The molecule has 0 atom stereocenters. The van der Waals surface area contributed by atoms with Crippen LogP contribution in [0.15, 0.2) is 34.7 Å². The molecule has 0 spiro atoms. The van der Waals surface area contributed by atoms with Gasteiger partial charge in [-0.15, -0.1) is 0 Å². The first-order valence-electron chi connectivity index (χ1n) is 7.88. The zero-order chi connectivity index (χ0) is 17.6. The lowest BCUT2D eigenvalue weighted by Crippen LogP contribution is -2.27. The molecule has 25 heavy (non-hydrogen) atoms. The van der Waals surface area contributed by atoms with Gasteiger partial charge in [0, 0.05) is 24.2 Å². The molecule has 0 saturated carbocycles. The van der Waals surface area contributed by atoms with E-state index in [1.54, 1.807) is 30.3 Å². The molecule has 1 saturated heterocycles. The van der Waals surface area contributed by atoms with Gasteiger partial charge in [-0.1, -0.05) is 34.8 Å². The van der Waals surface area contributed by atoms with Crippen molar-refractivity contribution < 1.29 is 9.21 Å². The number of nitrogens with zero attached hydrogens (tertiary/aromatic N) is 2. The van der Waals surface area contributed by atoms with Crippen LogP contribution in [-0.2, 0) is 0 Å². The minimum atomic E-state index is 0.0292. The molecule has 3 aromatic rings. The van der Waals surface area contributed by atoms with Crippen molar-refractivity contribution >= 4 is 51.8 Å². The maximum atomic E-state index is 12.5. The molecule has 1 aliphatic heterocycles. The van der Waals surface area contributed by atoms with E-state index in [1.165, 1.54) is 0 Å². The highest BCUT2D eigenvalue weighted by Gasteiger charge is 2.20. The van der Waals surface area contributed by atoms with Gasteiger partial charge in [-0.25, -0.2) is 4.98 Å². The van der Waals surface area contributed by atoms with Crippen LogP contribution in [0.25, 0.3) is 22.6 Å². The largest absolute Gasteiger partial charge is 0.436 e. The van der Waals surface area contributed by atoms with Crippen molar-refractivity contribution in [3.05, 3.63) is 51.0 Å². The Kier molecular flexibility index (Phi) is 4.36. The smallest absolute Gasteiger partial charge is 0.253 e. The zero-order valence-corrected chi connectivity index (χ0v) is 15.3. The summed E-state index contributed by atoms with van der Waals surface area (Å²) in [6, 6.07) is 8.57. The Hall–Kier alpha value is -1.75. The first kappa shape index (κ1) is 16.7. The van der Waals surface area contributed by atoms with Gasteiger partial charge in [-0.2, -0.15) is 0 Å². The second kappa shape index (κ2) is 6.52. The summed E-state index contributed by atoms with van der Waals surface area (Å²) in [6.45, 7) is 1.62. The van der Waals surface area contributed by atoms with E-state index < -0.39 is 0 Å². The van der Waals surface area contributed by atoms with Gasteiger partial charge in [-0.3, -0.25) is 4.79 Å². The third kappa shape index (κ3) is 3.10. The summed E-state index contributed by atoms with van der Waals surface area (Å²) in [6.07, 6.45) is 2.11. The fourth-order valence-electron chi connectivity index (χ4n) is 2.97. The molecule has 2 heterocycles. The predicted octanol–water partition coefficient (Wildman–Crippen LogP) is 5.69. The Morgan fingerprint density at radius 3 is 2.40 bits per heavy atom. The van der Waals surface area contributed by atoms with Gasteiger partial charge >= 0.3 is 0 Å². The molecule has 0 bridgehead atoms. The highest BCUT2D eigenvalue weighted by atomic mass is 35.5. The number of amides is 1. The fourth-order valence-corrected chi connectivity index (χ4v) is 3.56. The van der Waals surface area contributed by atoms with Crippen molar-refractivity contribution in [2.24, 2.45) is 0 Å². The molecule has 0 radical (unpaired) electrons. The summed E-state index contributed by atoms with van der Waals surface area (Å²) < 4.78 is 5.77. The van der Waals surface area contributed by atoms with Gasteiger partial charge in [0.05, 0.1) is 15.1 Å². The van der Waals surface area contributed by atoms with Crippen molar-refractivity contribution in [3.8, 4) is 11.5 Å². The van der Waals surface area contributed by atoms with Crippen LogP contribution in [0.4, 0.5) is 0 Å². The van der Waals surface area contributed by atoms with Gasteiger partial charge in [0.2, 0.25) is 5.89 Å². The second-order valence-electron chi connectivity index (χ2n) is 5.95. The van der Waals surface area contributed by atoms with Crippen molar-refractivity contribution in [1.29, 1.82) is 0 Å². The summed E-state index contributed by atoms with van der Waals surface area (Å²) in [5, 5.41) is 0.953. The first-order chi connectivity index (χ1) is 12.0. The Morgan fingerprint density at radius 2 is 1.72 bits per heavy atom. The maximum absolute atomic E-state index is 12.5. The molecule has 1 aromatic heterocycles. The van der Waals surface area contributed by atoms with E-state index in [-0.39, 0.29) is 5.91 Å². The van der Waals surface area contributed by atoms with E-state index in [0.717, 1.165) is 25.9 Å². The molecular formula is C18H13Cl3N2O2. The first-order valence-corrected chi connectivity index (χ1v) is 9.01. The zero-order valence-electron chi connectivity index (χ0n) is 13.1. The number of likely N-dealkylation sites (tertiary alicyclic amines) is 1. The third-order valence-corrected chi connectivity index (χ3v) is 5.46. The standard InChI is InChI=1S/C18H13Cl3N2O2/c19-12-7-11(8-13(20)16(12)21)17-22-14-9-10(3-4-15(14)25-17)18(24)23-5-1-2-6-23/h3-4,7-9H,1-2,5-6H2. The number of fused-ring (bicyclic) bond motifs is 1. The number of aromatic nitrogens is 1. The highest BCUT2D eigenvalue weighted by Crippen LogP contribution is 2.35. The normalized spacial score (nSPS) is 14.4. The lowest BCUT2D eigenvalue weighted by Gasteiger charge is -2.14. The van der Waals surface area contributed by atoms with Crippen molar-refractivity contribution in [1.82, 2.24) is 9.88 Å². The van der Waals surface area contributed by atoms with Crippen LogP contribution in [0.1, 0.15) is 23.2 Å². The van der Waals surface area contributed by atoms with Gasteiger partial charge in [-0.05, 0) is 43.2 Å². The number of hydrogen-bond acceptors (Lipinski definition) is 3. The van der Waals surface area contributed by atoms with Crippen molar-refractivity contribution in [2.75, 3.05) is 13.1 Å². The minimum Gasteiger partial charge on any atom is -0.436 e. The number of benzene rings is 2. The van der Waals surface area contributed by atoms with Crippen LogP contribution in [-0.4, -0.2) is 28.9 Å². The molecule has 1 fully saturated rings. The van der Waals surface area contributed by atoms with Crippen LogP contribution >= 0.6 is 34.8 Å². The molecule has 0 unspecified atom stereocenters. The Balaban J connectivity index is 1.72. The van der Waals surface area contributed by atoms with Gasteiger partial charge in [0.25, 0.3) is 5.91 Å². The molecule has 128 valence electrons. The second-order valence-corrected chi connectivity index (χ2v) is 7.15. The van der Waals surface area contributed by atoms with E-state index in [9.17, 15) is 4.79 Å². The van der Waals surface area contributed by atoms with Crippen LogP contribution in [0.2, 0.25) is 15.1 Å². The van der Waals surface area contributed by atoms with E-state index in [4.69, 9.17) is 39.2 Å². The fraction of sp³-hybridized carbons (Fsp3) is 0.222. The molecule has 2 aromatic carbocycles. The molecule has 0 aliphatic carbocycles. The number of carbonyl (C=O) groups is 1. The number of hydrogen-bond donors (Lipinski definition) is 0. The lowest BCUT2D eigenvalue weighted by atomic mass is 10.2. The summed E-state index contributed by atoms with van der Waals surface area (Å²) in [5.74, 6) is 0.405. The number of halogens is 3. The molecule has 4 rings (SSSR count). The summed E-state index contributed by atoms with van der Waals surface area (Å²) >= 11 is 18.1. The predicted molar refractivity (Wildman–Crippen MR) is 99.6 cm³/mol. The summed E-state index contributed by atoms with van der Waals surface area (Å²) in [4.78, 5) is 18.8. The molecule has 0 N–H and O–H groups in total. The van der Waals surface area contributed by atoms with E-state index in [0.29, 0.717) is 43.2 Å². The molecule has 1 amide bonds. The van der Waals surface area contributed by atoms with Crippen molar-refractivity contribution in [2.45, 2.75) is 12.8 Å². The topological polar surface area (TPSA) is 46.3 Å². The average Bonchev–Trinajstić information content (AvgIpc) is 3.27. The van der Waals surface area contributed by atoms with Crippen LogP contribution < -0.4 is 0 Å². The van der Waals surface area contributed by atoms with Crippen LogP contribution in [0.3, 0.4) is 0 Å². The quantitative estimate of drug-likeness (QED) is 0.524. The number of carbonyl (C=O) groups excluding carboxylic acids is 1. The monoisotopic (exact) mass is 394 g/mol. The Bertz CT molecular complexity index is 955. The number of rotatable bonds is 2. The third-order valence-electron chi connectivity index (χ3n) is 4.26. The minimum absolute atomic E-state index is 0.0292. The Labute approximate surface area is 159 Å². The molecule has 4 nitrogen and oxygen atoms in total. The molecule has 7 heteroatoms. The summed E-state index contributed by atoms with van der Waals surface area (Å²) in [7, 11) is 0. The Morgan fingerprint density at radius 1 is 1.04 bits per heavy atom. The van der Waals surface area contributed by atoms with E-state index in [2.05, 4.69) is 4.98 Å². The van der Waals surface area contributed by atoms with Crippen LogP contribution in [0, 0.1) is 0 Å². The maximum Gasteiger partial charge on any atom is 0.253 e. The van der Waals surface area contributed by atoms with Crippen molar-refractivity contribution in [3.63, 3.8) is 0 Å². The number of oxazole rings is 1. The van der Waals surface area contributed by atoms with Gasteiger partial charge in [0.1, 0.15) is 5.52 Å². The highest BCUT2D eigenvalue weighted by molar-refractivity contribution is 6.48. The van der Waals surface area contributed by atoms with Gasteiger partial charge < -0.3 is 9.32 Å². The van der Waals surface area contributed by atoms with Gasteiger partial charge in [0.15, 0.2) is 5.58 Å². The summed E-state index contributed by atoms with van der Waals surface area (Å²) in [5.41, 5.74) is 2.45. The molecule has 1 aliphatic rings. The lowest BCUT2D eigenvalue weighted by molar-refractivity contribution is 0.0793. The van der Waals surface area contributed by atoms with E-state index in [1.807, 2.05) is 4.90 Å².